The molecule has 100 valence electrons. The first-order valence-corrected chi connectivity index (χ1v) is 6.87. The monoisotopic (exact) mass is 324 g/mol. The van der Waals surface area contributed by atoms with Crippen molar-refractivity contribution in [3.63, 3.8) is 0 Å². The lowest BCUT2D eigenvalue weighted by molar-refractivity contribution is 0.101. The minimum absolute atomic E-state index is 0.237. The van der Waals surface area contributed by atoms with E-state index in [1.807, 2.05) is 0 Å². The number of ketones is 1. The van der Waals surface area contributed by atoms with Gasteiger partial charge in [0.25, 0.3) is 0 Å². The normalized spacial score (nSPS) is 10.9. The van der Waals surface area contributed by atoms with Crippen LogP contribution in [0.5, 0.6) is 0 Å². The van der Waals surface area contributed by atoms with Crippen LogP contribution in [-0.4, -0.2) is 5.78 Å². The summed E-state index contributed by atoms with van der Waals surface area (Å²) in [4.78, 5) is 12.3. The Kier molecular flexibility index (Phi) is 3.47. The summed E-state index contributed by atoms with van der Waals surface area (Å²) in [5.41, 5.74) is 1.03. The fraction of sp³-hybridized carbons (Fsp3) is 0. The summed E-state index contributed by atoms with van der Waals surface area (Å²) >= 11 is 17.6. The van der Waals surface area contributed by atoms with E-state index in [1.54, 1.807) is 36.4 Å². The maximum absolute atomic E-state index is 12.3. The number of hydrogen-bond acceptors (Lipinski definition) is 2. The molecule has 1 heterocycles. The summed E-state index contributed by atoms with van der Waals surface area (Å²) in [7, 11) is 0. The molecule has 0 saturated heterocycles. The molecule has 20 heavy (non-hydrogen) atoms. The van der Waals surface area contributed by atoms with Gasteiger partial charge in [0.2, 0.25) is 5.78 Å². The van der Waals surface area contributed by atoms with E-state index in [2.05, 4.69) is 0 Å². The van der Waals surface area contributed by atoms with Crippen molar-refractivity contribution in [2.24, 2.45) is 0 Å². The lowest BCUT2D eigenvalue weighted by Gasteiger charge is -2.00. The maximum Gasteiger partial charge on any atom is 0.228 e. The Morgan fingerprint density at radius 3 is 2.45 bits per heavy atom. The minimum atomic E-state index is -0.254. The summed E-state index contributed by atoms with van der Waals surface area (Å²) in [6, 6.07) is 11.5. The van der Waals surface area contributed by atoms with Crippen molar-refractivity contribution in [3.05, 3.63) is 68.9 Å². The molecule has 0 saturated carbocycles. The van der Waals surface area contributed by atoms with Gasteiger partial charge in [-0.2, -0.15) is 0 Å². The van der Waals surface area contributed by atoms with E-state index >= 15 is 0 Å². The molecule has 2 nitrogen and oxygen atoms in total. The molecule has 0 aliphatic carbocycles. The number of hydrogen-bond donors (Lipinski definition) is 0. The summed E-state index contributed by atoms with van der Waals surface area (Å²) in [6.45, 7) is 0. The second-order valence-electron chi connectivity index (χ2n) is 4.25. The van der Waals surface area contributed by atoms with Crippen LogP contribution >= 0.6 is 34.8 Å². The van der Waals surface area contributed by atoms with Gasteiger partial charge in [-0.1, -0.05) is 34.8 Å². The zero-order chi connectivity index (χ0) is 14.3. The molecular weight excluding hydrogens is 319 g/mol. The van der Waals surface area contributed by atoms with Gasteiger partial charge in [0.15, 0.2) is 5.76 Å². The molecule has 3 aromatic rings. The maximum atomic E-state index is 12.3. The molecule has 0 atom stereocenters. The van der Waals surface area contributed by atoms with Gasteiger partial charge in [-0.3, -0.25) is 4.79 Å². The lowest BCUT2D eigenvalue weighted by atomic mass is 10.1. The smallest absolute Gasteiger partial charge is 0.228 e. The highest BCUT2D eigenvalue weighted by atomic mass is 35.5. The van der Waals surface area contributed by atoms with Gasteiger partial charge < -0.3 is 4.42 Å². The topological polar surface area (TPSA) is 30.2 Å². The first-order chi connectivity index (χ1) is 9.54. The van der Waals surface area contributed by atoms with Crippen molar-refractivity contribution in [2.45, 2.75) is 0 Å². The molecule has 0 unspecified atom stereocenters. The molecule has 2 aromatic carbocycles. The molecule has 0 bridgehead atoms. The van der Waals surface area contributed by atoms with Crippen LogP contribution in [-0.2, 0) is 0 Å². The van der Waals surface area contributed by atoms with E-state index in [1.165, 1.54) is 6.07 Å². The number of rotatable bonds is 2. The van der Waals surface area contributed by atoms with Gasteiger partial charge in [-0.15, -0.1) is 0 Å². The van der Waals surface area contributed by atoms with Gasteiger partial charge in [0.05, 0.1) is 10.0 Å². The highest BCUT2D eigenvalue weighted by Gasteiger charge is 2.15. The molecule has 0 spiro atoms. The quantitative estimate of drug-likeness (QED) is 0.572. The highest BCUT2D eigenvalue weighted by molar-refractivity contribution is 6.42. The van der Waals surface area contributed by atoms with Crippen LogP contribution in [0.4, 0.5) is 0 Å². The van der Waals surface area contributed by atoms with Gasteiger partial charge in [-0.25, -0.2) is 0 Å². The minimum Gasteiger partial charge on any atom is -0.453 e. The highest BCUT2D eigenvalue weighted by Crippen LogP contribution is 2.27. The molecule has 1 aromatic heterocycles. The van der Waals surface area contributed by atoms with Crippen molar-refractivity contribution >= 4 is 51.6 Å². The van der Waals surface area contributed by atoms with Gasteiger partial charge in [0, 0.05) is 16.0 Å². The molecule has 0 fully saturated rings. The fourth-order valence-electron chi connectivity index (χ4n) is 1.91. The van der Waals surface area contributed by atoms with Crippen LogP contribution in [0.2, 0.25) is 15.1 Å². The number of carbonyl (C=O) groups is 1. The molecule has 0 amide bonds. The van der Waals surface area contributed by atoms with E-state index in [0.717, 1.165) is 5.39 Å². The first kappa shape index (κ1) is 13.5. The number of fused-ring (bicyclic) bond motifs is 1. The van der Waals surface area contributed by atoms with Gasteiger partial charge >= 0.3 is 0 Å². The van der Waals surface area contributed by atoms with Gasteiger partial charge in [-0.05, 0) is 42.5 Å². The summed E-state index contributed by atoms with van der Waals surface area (Å²) in [5, 5.41) is 2.10. The van der Waals surface area contributed by atoms with E-state index in [4.69, 9.17) is 39.2 Å². The second kappa shape index (κ2) is 5.13. The molecule has 0 radical (unpaired) electrons. The number of furan rings is 1. The van der Waals surface area contributed by atoms with Crippen molar-refractivity contribution in [3.8, 4) is 0 Å². The number of carbonyl (C=O) groups excluding carboxylic acids is 1. The second-order valence-corrected chi connectivity index (χ2v) is 5.50. The molecular formula is C15H7Cl3O2. The Morgan fingerprint density at radius 2 is 1.70 bits per heavy atom. The average Bonchev–Trinajstić information content (AvgIpc) is 2.84. The van der Waals surface area contributed by atoms with Crippen molar-refractivity contribution in [1.82, 2.24) is 0 Å². The standard InChI is InChI=1S/C15H7Cl3O2/c16-10-2-4-13-9(5-10)7-14(20-13)15(19)8-1-3-11(17)12(18)6-8/h1-7H. The Bertz CT molecular complexity index is 821. The predicted molar refractivity (Wildman–Crippen MR) is 81.1 cm³/mol. The summed E-state index contributed by atoms with van der Waals surface area (Å²) in [5.74, 6) is -0.0171. The van der Waals surface area contributed by atoms with E-state index in [-0.39, 0.29) is 11.5 Å². The zero-order valence-electron chi connectivity index (χ0n) is 9.99. The third-order valence-electron chi connectivity index (χ3n) is 2.88. The van der Waals surface area contributed by atoms with E-state index in [9.17, 15) is 4.79 Å². The molecule has 0 aliphatic rings. The van der Waals surface area contributed by atoms with Crippen LogP contribution in [0.25, 0.3) is 11.0 Å². The average molecular weight is 326 g/mol. The van der Waals surface area contributed by atoms with Crippen LogP contribution in [0, 0.1) is 0 Å². The Labute approximate surface area is 129 Å². The SMILES string of the molecule is O=C(c1ccc(Cl)c(Cl)c1)c1cc2cc(Cl)ccc2o1. The summed E-state index contributed by atoms with van der Waals surface area (Å²) < 4.78 is 5.53. The zero-order valence-corrected chi connectivity index (χ0v) is 12.3. The van der Waals surface area contributed by atoms with Crippen molar-refractivity contribution in [2.75, 3.05) is 0 Å². The lowest BCUT2D eigenvalue weighted by Crippen LogP contribution is -1.99. The first-order valence-electron chi connectivity index (χ1n) is 5.73. The number of halogens is 3. The molecule has 0 N–H and O–H groups in total. The van der Waals surface area contributed by atoms with E-state index in [0.29, 0.717) is 26.2 Å². The Hall–Kier alpha value is -1.48. The molecule has 5 heteroatoms. The Morgan fingerprint density at radius 1 is 0.900 bits per heavy atom. The van der Waals surface area contributed by atoms with Crippen LogP contribution < -0.4 is 0 Å². The molecule has 0 aliphatic heterocycles. The van der Waals surface area contributed by atoms with Gasteiger partial charge in [0.1, 0.15) is 5.58 Å². The van der Waals surface area contributed by atoms with Crippen LogP contribution in [0.15, 0.2) is 46.9 Å². The van der Waals surface area contributed by atoms with Crippen LogP contribution in [0.1, 0.15) is 16.1 Å². The van der Waals surface area contributed by atoms with Crippen LogP contribution in [0.3, 0.4) is 0 Å². The molecule has 3 rings (SSSR count). The summed E-state index contributed by atoms with van der Waals surface area (Å²) in [6.07, 6.45) is 0. The number of benzene rings is 2. The van der Waals surface area contributed by atoms with Crippen molar-refractivity contribution in [1.29, 1.82) is 0 Å². The largest absolute Gasteiger partial charge is 0.453 e. The predicted octanol–water partition coefficient (Wildman–Crippen LogP) is 5.62. The third-order valence-corrected chi connectivity index (χ3v) is 3.86. The third kappa shape index (κ3) is 2.42. The van der Waals surface area contributed by atoms with E-state index < -0.39 is 0 Å². The Balaban J connectivity index is 2.05. The fourth-order valence-corrected chi connectivity index (χ4v) is 2.38. The van der Waals surface area contributed by atoms with Crippen molar-refractivity contribution < 1.29 is 9.21 Å².